The van der Waals surface area contributed by atoms with Gasteiger partial charge in [-0.1, -0.05) is 18.2 Å². The van der Waals surface area contributed by atoms with E-state index in [0.29, 0.717) is 6.42 Å². The van der Waals surface area contributed by atoms with Crippen LogP contribution in [0.25, 0.3) is 0 Å². The first-order valence-corrected chi connectivity index (χ1v) is 6.46. The maximum atomic E-state index is 12.5. The van der Waals surface area contributed by atoms with Gasteiger partial charge in [-0.05, 0) is 25.0 Å². The standard InChI is InChI=1S/C14H13F3N2O3/c15-14(16,17)12(21)8-5-3-6-10(8)18-19-13(22)9-4-1-2-7-11(9)20/h1-2,4,6-8,18,20H,3,5H2,(H,19,22)/t8-/m0/s1. The van der Waals surface area contributed by atoms with Crippen molar-refractivity contribution in [2.45, 2.75) is 19.0 Å². The van der Waals surface area contributed by atoms with Gasteiger partial charge < -0.3 is 10.5 Å². The quantitative estimate of drug-likeness (QED) is 0.743. The molecule has 0 aromatic heterocycles. The minimum Gasteiger partial charge on any atom is -0.507 e. The molecule has 118 valence electrons. The number of alkyl halides is 3. The number of carbonyl (C=O) groups is 2. The SMILES string of the molecule is O=C(NNC1=CCC[C@@H]1C(=O)C(F)(F)F)c1ccccc1O. The van der Waals surface area contributed by atoms with E-state index in [9.17, 15) is 27.9 Å². The molecule has 0 saturated carbocycles. The van der Waals surface area contributed by atoms with E-state index in [2.05, 4.69) is 10.9 Å². The molecule has 1 atom stereocenters. The summed E-state index contributed by atoms with van der Waals surface area (Å²) in [7, 11) is 0. The first-order chi connectivity index (χ1) is 10.3. The van der Waals surface area contributed by atoms with E-state index in [1.807, 2.05) is 0 Å². The van der Waals surface area contributed by atoms with Crippen LogP contribution in [0.4, 0.5) is 13.2 Å². The Morgan fingerprint density at radius 2 is 1.91 bits per heavy atom. The van der Waals surface area contributed by atoms with Crippen molar-refractivity contribution in [2.24, 2.45) is 5.92 Å². The number of para-hydroxylation sites is 1. The molecule has 1 aliphatic rings. The summed E-state index contributed by atoms with van der Waals surface area (Å²) in [5.74, 6) is -4.17. The second kappa shape index (κ2) is 6.08. The molecule has 0 heterocycles. The summed E-state index contributed by atoms with van der Waals surface area (Å²) >= 11 is 0. The van der Waals surface area contributed by atoms with E-state index in [1.54, 1.807) is 0 Å². The van der Waals surface area contributed by atoms with Crippen LogP contribution in [0.1, 0.15) is 23.2 Å². The lowest BCUT2D eigenvalue weighted by Gasteiger charge is -2.17. The highest BCUT2D eigenvalue weighted by Crippen LogP contribution is 2.31. The zero-order valence-corrected chi connectivity index (χ0v) is 11.3. The van der Waals surface area contributed by atoms with E-state index in [-0.39, 0.29) is 23.4 Å². The number of hydrogen-bond acceptors (Lipinski definition) is 4. The third-order valence-corrected chi connectivity index (χ3v) is 3.26. The van der Waals surface area contributed by atoms with Gasteiger partial charge in [0.15, 0.2) is 0 Å². The van der Waals surface area contributed by atoms with Crippen molar-refractivity contribution >= 4 is 11.7 Å². The number of rotatable bonds is 4. The van der Waals surface area contributed by atoms with Gasteiger partial charge in [0.1, 0.15) is 5.75 Å². The number of hydrogen-bond donors (Lipinski definition) is 3. The van der Waals surface area contributed by atoms with Gasteiger partial charge in [0, 0.05) is 5.70 Å². The summed E-state index contributed by atoms with van der Waals surface area (Å²) in [6.07, 6.45) is -3.15. The second-order valence-corrected chi connectivity index (χ2v) is 4.75. The molecular formula is C14H13F3N2O3. The maximum Gasteiger partial charge on any atom is 0.450 e. The third-order valence-electron chi connectivity index (χ3n) is 3.26. The molecule has 22 heavy (non-hydrogen) atoms. The molecule has 3 N–H and O–H groups in total. The van der Waals surface area contributed by atoms with E-state index in [1.165, 1.54) is 30.3 Å². The summed E-state index contributed by atoms with van der Waals surface area (Å²) in [6, 6.07) is 5.71. The molecule has 2 rings (SSSR count). The highest BCUT2D eigenvalue weighted by atomic mass is 19.4. The highest BCUT2D eigenvalue weighted by molar-refractivity contribution is 5.96. The Morgan fingerprint density at radius 1 is 1.23 bits per heavy atom. The molecule has 0 aliphatic heterocycles. The van der Waals surface area contributed by atoms with Crippen molar-refractivity contribution in [3.8, 4) is 5.75 Å². The number of benzene rings is 1. The molecule has 0 saturated heterocycles. The van der Waals surface area contributed by atoms with Crippen LogP contribution in [-0.4, -0.2) is 23.0 Å². The number of phenols is 1. The Kier molecular flexibility index (Phi) is 4.39. The molecule has 1 amide bonds. The molecular weight excluding hydrogens is 301 g/mol. The van der Waals surface area contributed by atoms with Crippen LogP contribution < -0.4 is 10.9 Å². The van der Waals surface area contributed by atoms with Crippen molar-refractivity contribution < 1.29 is 27.9 Å². The Hall–Kier alpha value is -2.51. The van der Waals surface area contributed by atoms with Gasteiger partial charge in [-0.2, -0.15) is 13.2 Å². The largest absolute Gasteiger partial charge is 0.507 e. The molecule has 1 aliphatic carbocycles. The monoisotopic (exact) mass is 314 g/mol. The molecule has 1 aromatic rings. The summed E-state index contributed by atoms with van der Waals surface area (Å²) in [6.45, 7) is 0. The minimum atomic E-state index is -4.92. The van der Waals surface area contributed by atoms with Crippen LogP contribution in [0.3, 0.4) is 0 Å². The van der Waals surface area contributed by atoms with Crippen LogP contribution >= 0.6 is 0 Å². The Labute approximate surface area is 123 Å². The molecule has 0 unspecified atom stereocenters. The number of halogens is 3. The van der Waals surface area contributed by atoms with E-state index in [4.69, 9.17) is 0 Å². The zero-order chi connectivity index (χ0) is 16.3. The Bertz CT molecular complexity index is 626. The number of ketones is 1. The van der Waals surface area contributed by atoms with E-state index in [0.717, 1.165) is 0 Å². The molecule has 0 radical (unpaired) electrons. The van der Waals surface area contributed by atoms with Crippen LogP contribution in [-0.2, 0) is 4.79 Å². The van der Waals surface area contributed by atoms with Gasteiger partial charge in [0.2, 0.25) is 5.78 Å². The van der Waals surface area contributed by atoms with Gasteiger partial charge in [0.25, 0.3) is 5.91 Å². The highest BCUT2D eigenvalue weighted by Gasteiger charge is 2.45. The predicted octanol–water partition coefficient (Wildman–Crippen LogP) is 2.05. The molecule has 0 spiro atoms. The average molecular weight is 314 g/mol. The fourth-order valence-electron chi connectivity index (χ4n) is 2.17. The number of hydrazine groups is 1. The topological polar surface area (TPSA) is 78.4 Å². The van der Waals surface area contributed by atoms with Crippen LogP contribution in [0, 0.1) is 5.92 Å². The maximum absolute atomic E-state index is 12.5. The number of amides is 1. The van der Waals surface area contributed by atoms with Crippen LogP contribution in [0.2, 0.25) is 0 Å². The number of carbonyl (C=O) groups excluding carboxylic acids is 2. The molecule has 1 aromatic carbocycles. The van der Waals surface area contributed by atoms with Gasteiger partial charge in [0.05, 0.1) is 11.5 Å². The smallest absolute Gasteiger partial charge is 0.450 e. The minimum absolute atomic E-state index is 0.00564. The van der Waals surface area contributed by atoms with Crippen molar-refractivity contribution in [2.75, 3.05) is 0 Å². The van der Waals surface area contributed by atoms with Gasteiger partial charge >= 0.3 is 6.18 Å². The lowest BCUT2D eigenvalue weighted by Crippen LogP contribution is -2.41. The Balaban J connectivity index is 2.01. The first kappa shape index (κ1) is 15.9. The van der Waals surface area contributed by atoms with Crippen LogP contribution in [0.5, 0.6) is 5.75 Å². The lowest BCUT2D eigenvalue weighted by atomic mass is 10.0. The van der Waals surface area contributed by atoms with Crippen molar-refractivity contribution in [3.05, 3.63) is 41.6 Å². The molecule has 0 fully saturated rings. The normalized spacial score (nSPS) is 17.8. The molecule has 0 bridgehead atoms. The summed E-state index contributed by atoms with van der Waals surface area (Å²) in [5.41, 5.74) is 4.49. The van der Waals surface area contributed by atoms with Crippen molar-refractivity contribution in [1.82, 2.24) is 10.9 Å². The number of aromatic hydroxyl groups is 1. The lowest BCUT2D eigenvalue weighted by molar-refractivity contribution is -0.174. The van der Waals surface area contributed by atoms with Gasteiger partial charge in [-0.25, -0.2) is 0 Å². The fraction of sp³-hybridized carbons (Fsp3) is 0.286. The van der Waals surface area contributed by atoms with Gasteiger partial charge in [-0.15, -0.1) is 0 Å². The number of nitrogens with one attached hydrogen (secondary N) is 2. The third kappa shape index (κ3) is 3.38. The number of Topliss-reactive ketones (excluding diaryl/α,β-unsaturated/α-hetero) is 1. The first-order valence-electron chi connectivity index (χ1n) is 6.46. The molecule has 5 nitrogen and oxygen atoms in total. The summed E-state index contributed by atoms with van der Waals surface area (Å²) < 4.78 is 37.4. The fourth-order valence-corrected chi connectivity index (χ4v) is 2.17. The van der Waals surface area contributed by atoms with Gasteiger partial charge in [-0.3, -0.25) is 15.0 Å². The predicted molar refractivity (Wildman–Crippen MR) is 70.6 cm³/mol. The molecule has 8 heteroatoms. The average Bonchev–Trinajstić information content (AvgIpc) is 2.91. The van der Waals surface area contributed by atoms with Crippen LogP contribution in [0.15, 0.2) is 36.0 Å². The number of allylic oxidation sites excluding steroid dienone is 2. The second-order valence-electron chi connectivity index (χ2n) is 4.75. The van der Waals surface area contributed by atoms with E-state index >= 15 is 0 Å². The summed E-state index contributed by atoms with van der Waals surface area (Å²) in [5, 5.41) is 9.51. The number of phenolic OH excluding ortho intramolecular Hbond substituents is 1. The van der Waals surface area contributed by atoms with E-state index < -0.39 is 23.8 Å². The Morgan fingerprint density at radius 3 is 2.55 bits per heavy atom. The van der Waals surface area contributed by atoms with Crippen molar-refractivity contribution in [3.63, 3.8) is 0 Å². The summed E-state index contributed by atoms with van der Waals surface area (Å²) in [4.78, 5) is 23.1. The van der Waals surface area contributed by atoms with Crippen molar-refractivity contribution in [1.29, 1.82) is 0 Å². The zero-order valence-electron chi connectivity index (χ0n) is 11.3.